The summed E-state index contributed by atoms with van der Waals surface area (Å²) in [5.74, 6) is 0. The molecular weight excluding hydrogens is 154 g/mol. The van der Waals surface area contributed by atoms with Crippen LogP contribution in [0.1, 0.15) is 0 Å². The molecule has 1 aromatic rings. The van der Waals surface area contributed by atoms with Crippen molar-refractivity contribution >= 4 is 11.0 Å². The van der Waals surface area contributed by atoms with Crippen LogP contribution >= 0.6 is 11.0 Å². The Hall–Kier alpha value is -0.560. The zero-order valence-electron chi connectivity index (χ0n) is 5.47. The average molecular weight is 163 g/mol. The standard InChI is InChI=1S/C4H9N3O2S/c1-9-10(5,8)7-3-2-6-4-7/h2-4,8H,5H2,1H3. The van der Waals surface area contributed by atoms with Crippen molar-refractivity contribution in [1.82, 2.24) is 8.96 Å². The molecule has 1 rings (SSSR count). The second kappa shape index (κ2) is 2.59. The molecule has 1 heterocycles. The number of nitrogens with zero attached hydrogens (tertiary/aromatic N) is 2. The van der Waals surface area contributed by atoms with Crippen LogP contribution in [0.3, 0.4) is 0 Å². The molecule has 6 heteroatoms. The second-order valence-electron chi connectivity index (χ2n) is 1.63. The van der Waals surface area contributed by atoms with Crippen LogP contribution in [0.25, 0.3) is 0 Å². The lowest BCUT2D eigenvalue weighted by Crippen LogP contribution is -2.18. The minimum absolute atomic E-state index is 1.33. The summed E-state index contributed by atoms with van der Waals surface area (Å²) in [7, 11) is -1.26. The zero-order valence-corrected chi connectivity index (χ0v) is 6.28. The van der Waals surface area contributed by atoms with Gasteiger partial charge in [-0.2, -0.15) is 0 Å². The van der Waals surface area contributed by atoms with Gasteiger partial charge in [0.1, 0.15) is 6.33 Å². The van der Waals surface area contributed by atoms with Crippen molar-refractivity contribution in [3.8, 4) is 0 Å². The van der Waals surface area contributed by atoms with E-state index in [0.717, 1.165) is 0 Å². The Morgan fingerprint density at radius 1 is 1.80 bits per heavy atom. The molecule has 0 saturated heterocycles. The van der Waals surface area contributed by atoms with Gasteiger partial charge in [0.05, 0.1) is 7.11 Å². The van der Waals surface area contributed by atoms with Crippen LogP contribution < -0.4 is 5.14 Å². The van der Waals surface area contributed by atoms with Gasteiger partial charge in [0.2, 0.25) is 0 Å². The third kappa shape index (κ3) is 1.29. The first-order chi connectivity index (χ1) is 4.67. The van der Waals surface area contributed by atoms with Gasteiger partial charge in [0, 0.05) is 12.4 Å². The fourth-order valence-corrected chi connectivity index (χ4v) is 1.08. The summed E-state index contributed by atoms with van der Waals surface area (Å²) in [6.07, 6.45) is 4.46. The molecule has 0 aliphatic rings. The molecule has 3 N–H and O–H groups in total. The topological polar surface area (TPSA) is 73.3 Å². The molecule has 10 heavy (non-hydrogen) atoms. The van der Waals surface area contributed by atoms with Crippen LogP contribution in [0.2, 0.25) is 0 Å². The third-order valence-corrected chi connectivity index (χ3v) is 2.34. The second-order valence-corrected chi connectivity index (χ2v) is 3.46. The number of aromatic nitrogens is 2. The molecule has 1 unspecified atom stereocenters. The first-order valence-electron chi connectivity index (χ1n) is 2.54. The Morgan fingerprint density at radius 3 is 2.90 bits per heavy atom. The van der Waals surface area contributed by atoms with E-state index < -0.39 is 11.0 Å². The van der Waals surface area contributed by atoms with Gasteiger partial charge in [-0.1, -0.05) is 0 Å². The lowest BCUT2D eigenvalue weighted by Gasteiger charge is -2.31. The van der Waals surface area contributed by atoms with Gasteiger partial charge in [0.15, 0.2) is 0 Å². The maximum Gasteiger partial charge on any atom is 0.115 e. The maximum absolute atomic E-state index is 9.25. The van der Waals surface area contributed by atoms with Gasteiger partial charge < -0.3 is 0 Å². The van der Waals surface area contributed by atoms with Crippen molar-refractivity contribution < 1.29 is 8.74 Å². The first-order valence-corrected chi connectivity index (χ1v) is 4.08. The SMILES string of the molecule is COS(N)(O)n1ccnc1. The summed E-state index contributed by atoms with van der Waals surface area (Å²) in [4.78, 5) is 3.70. The van der Waals surface area contributed by atoms with Crippen LogP contribution in [0, 0.1) is 0 Å². The van der Waals surface area contributed by atoms with E-state index >= 15 is 0 Å². The smallest absolute Gasteiger partial charge is 0.115 e. The van der Waals surface area contributed by atoms with Crippen molar-refractivity contribution in [1.29, 1.82) is 0 Å². The first kappa shape index (κ1) is 7.55. The molecule has 0 spiro atoms. The lowest BCUT2D eigenvalue weighted by atomic mass is 11.0. The monoisotopic (exact) mass is 163 g/mol. The Kier molecular flexibility index (Phi) is 1.95. The molecule has 5 nitrogen and oxygen atoms in total. The molecular formula is C4H9N3O2S. The van der Waals surface area contributed by atoms with Crippen molar-refractivity contribution in [2.45, 2.75) is 0 Å². The van der Waals surface area contributed by atoms with Crippen molar-refractivity contribution in [2.24, 2.45) is 5.14 Å². The van der Waals surface area contributed by atoms with Crippen molar-refractivity contribution in [3.63, 3.8) is 0 Å². The van der Waals surface area contributed by atoms with Crippen LogP contribution in [-0.4, -0.2) is 20.6 Å². The molecule has 0 amide bonds. The van der Waals surface area contributed by atoms with Crippen molar-refractivity contribution in [3.05, 3.63) is 18.7 Å². The van der Waals surface area contributed by atoms with E-state index in [4.69, 9.17) is 5.14 Å². The van der Waals surface area contributed by atoms with E-state index in [1.807, 2.05) is 0 Å². The quantitative estimate of drug-likeness (QED) is 0.660. The fraction of sp³-hybridized carbons (Fsp3) is 0.250. The zero-order chi connectivity index (χ0) is 7.61. The van der Waals surface area contributed by atoms with Crippen LogP contribution in [0.4, 0.5) is 0 Å². The summed E-state index contributed by atoms with van der Waals surface area (Å²) in [6, 6.07) is 0. The highest BCUT2D eigenvalue weighted by Crippen LogP contribution is 2.35. The summed E-state index contributed by atoms with van der Waals surface area (Å²) in [6.45, 7) is 0. The Balaban J connectivity index is 2.85. The van der Waals surface area contributed by atoms with E-state index in [0.29, 0.717) is 0 Å². The molecule has 58 valence electrons. The minimum Gasteiger partial charge on any atom is -0.268 e. The Bertz CT molecular complexity index is 198. The predicted molar refractivity (Wildman–Crippen MR) is 39.0 cm³/mol. The number of imidazole rings is 1. The molecule has 0 bridgehead atoms. The van der Waals surface area contributed by atoms with Gasteiger partial charge in [-0.25, -0.2) is 14.1 Å². The third-order valence-electron chi connectivity index (χ3n) is 1.03. The summed E-state index contributed by atoms with van der Waals surface area (Å²) in [5, 5.41) is 5.32. The van der Waals surface area contributed by atoms with Crippen LogP contribution in [-0.2, 0) is 4.18 Å². The van der Waals surface area contributed by atoms with Crippen LogP contribution in [0.5, 0.6) is 0 Å². The van der Waals surface area contributed by atoms with E-state index in [1.165, 1.54) is 23.6 Å². The van der Waals surface area contributed by atoms with E-state index in [2.05, 4.69) is 9.17 Å². The molecule has 0 saturated carbocycles. The van der Waals surface area contributed by atoms with Crippen molar-refractivity contribution in [2.75, 3.05) is 7.11 Å². The highest BCUT2D eigenvalue weighted by Gasteiger charge is 2.08. The molecule has 0 aromatic carbocycles. The highest BCUT2D eigenvalue weighted by molar-refractivity contribution is 8.21. The summed E-state index contributed by atoms with van der Waals surface area (Å²) >= 11 is 0. The fourth-order valence-electron chi connectivity index (χ4n) is 0.488. The summed E-state index contributed by atoms with van der Waals surface area (Å²) < 4.78 is 15.2. The Labute approximate surface area is 60.4 Å². The molecule has 0 radical (unpaired) electrons. The van der Waals surface area contributed by atoms with Crippen LogP contribution in [0.15, 0.2) is 18.7 Å². The van der Waals surface area contributed by atoms with E-state index in [-0.39, 0.29) is 0 Å². The predicted octanol–water partition coefficient (Wildman–Crippen LogP) is 0.359. The van der Waals surface area contributed by atoms with Gasteiger partial charge in [0.25, 0.3) is 0 Å². The molecule has 0 aliphatic heterocycles. The van der Waals surface area contributed by atoms with Gasteiger partial charge in [-0.3, -0.25) is 8.74 Å². The average Bonchev–Trinajstić information content (AvgIpc) is 2.38. The number of hydrogen-bond donors (Lipinski definition) is 2. The largest absolute Gasteiger partial charge is 0.268 e. The minimum atomic E-state index is -2.60. The van der Waals surface area contributed by atoms with E-state index in [1.54, 1.807) is 6.20 Å². The van der Waals surface area contributed by atoms with E-state index in [9.17, 15) is 4.55 Å². The molecule has 1 aromatic heterocycles. The summed E-state index contributed by atoms with van der Waals surface area (Å²) in [5.41, 5.74) is 0. The van der Waals surface area contributed by atoms with Gasteiger partial charge >= 0.3 is 0 Å². The highest BCUT2D eigenvalue weighted by atomic mass is 32.3. The molecule has 1 atom stereocenters. The Morgan fingerprint density at radius 2 is 2.50 bits per heavy atom. The lowest BCUT2D eigenvalue weighted by molar-refractivity contribution is 0.388. The molecule has 0 aliphatic carbocycles. The molecule has 0 fully saturated rings. The maximum atomic E-state index is 9.25. The normalized spacial score (nSPS) is 19.9. The number of nitrogens with two attached hydrogens (primary N) is 1. The van der Waals surface area contributed by atoms with Gasteiger partial charge in [-0.15, -0.1) is 0 Å². The number of rotatable bonds is 2. The number of hydrogen-bond acceptors (Lipinski definition) is 4. The van der Waals surface area contributed by atoms with Gasteiger partial charge in [-0.05, 0) is 11.0 Å².